The van der Waals surface area contributed by atoms with Crippen molar-refractivity contribution in [1.29, 1.82) is 0 Å². The SMILES string of the molecule is CCC/C=C(\C)ONC(C)c1ccc2c(c1)C(CC)(CC)c1cc(N)ccc1-2. The molecule has 0 fully saturated rings. The summed E-state index contributed by atoms with van der Waals surface area (Å²) in [6, 6.07) is 13.3. The number of nitrogens with two attached hydrogens (primary N) is 1. The van der Waals surface area contributed by atoms with Crippen LogP contribution < -0.4 is 11.2 Å². The van der Waals surface area contributed by atoms with Crippen LogP contribution in [0.2, 0.25) is 0 Å². The van der Waals surface area contributed by atoms with Crippen molar-refractivity contribution >= 4 is 5.69 Å². The standard InChI is InChI=1S/C25H34N2O/c1-6-9-10-17(4)28-27-18(5)19-11-13-21-22-14-12-20(26)16-24(22)25(7-2,8-3)23(21)15-19/h10-16,18,27H,6-9,26H2,1-5H3/b17-10+. The first kappa shape index (κ1) is 20.5. The topological polar surface area (TPSA) is 47.3 Å². The molecule has 0 amide bonds. The molecule has 1 aliphatic rings. The second-order valence-electron chi connectivity index (χ2n) is 7.94. The Kier molecular flexibility index (Phi) is 6.14. The summed E-state index contributed by atoms with van der Waals surface area (Å²) in [6.07, 6.45) is 6.42. The van der Waals surface area contributed by atoms with Crippen LogP contribution in [0.4, 0.5) is 5.69 Å². The van der Waals surface area contributed by atoms with E-state index in [1.165, 1.54) is 27.8 Å². The Morgan fingerprint density at radius 2 is 1.71 bits per heavy atom. The second-order valence-corrected chi connectivity index (χ2v) is 7.94. The van der Waals surface area contributed by atoms with Crippen LogP contribution >= 0.6 is 0 Å². The number of allylic oxidation sites excluding steroid dienone is 2. The number of rotatable bonds is 8. The van der Waals surface area contributed by atoms with Crippen LogP contribution in [0.15, 0.2) is 48.2 Å². The van der Waals surface area contributed by atoms with Crippen molar-refractivity contribution in [1.82, 2.24) is 5.48 Å². The molecule has 0 heterocycles. The summed E-state index contributed by atoms with van der Waals surface area (Å²) in [5.41, 5.74) is 16.9. The van der Waals surface area contributed by atoms with Gasteiger partial charge in [0, 0.05) is 11.1 Å². The van der Waals surface area contributed by atoms with Crippen molar-refractivity contribution in [3.63, 3.8) is 0 Å². The minimum absolute atomic E-state index is 0.0353. The summed E-state index contributed by atoms with van der Waals surface area (Å²) >= 11 is 0. The average molecular weight is 379 g/mol. The molecule has 1 unspecified atom stereocenters. The van der Waals surface area contributed by atoms with Gasteiger partial charge in [-0.2, -0.15) is 5.48 Å². The molecule has 0 spiro atoms. The van der Waals surface area contributed by atoms with Gasteiger partial charge in [0.1, 0.15) is 5.76 Å². The van der Waals surface area contributed by atoms with Crippen molar-refractivity contribution in [2.24, 2.45) is 0 Å². The van der Waals surface area contributed by atoms with Gasteiger partial charge in [-0.05, 0) is 79.1 Å². The van der Waals surface area contributed by atoms with E-state index in [4.69, 9.17) is 10.6 Å². The molecule has 3 heteroatoms. The average Bonchev–Trinajstić information content (AvgIpc) is 2.98. The maximum absolute atomic E-state index is 6.15. The Morgan fingerprint density at radius 1 is 1.07 bits per heavy atom. The van der Waals surface area contributed by atoms with Crippen LogP contribution in [0.3, 0.4) is 0 Å². The van der Waals surface area contributed by atoms with E-state index in [9.17, 15) is 0 Å². The fourth-order valence-electron chi connectivity index (χ4n) is 4.45. The number of unbranched alkanes of at least 4 members (excludes halogenated alkanes) is 1. The summed E-state index contributed by atoms with van der Waals surface area (Å²) in [6.45, 7) is 10.9. The molecule has 1 atom stereocenters. The molecule has 28 heavy (non-hydrogen) atoms. The lowest BCUT2D eigenvalue weighted by molar-refractivity contribution is 0.0792. The molecule has 0 radical (unpaired) electrons. The Balaban J connectivity index is 1.93. The van der Waals surface area contributed by atoms with Crippen molar-refractivity contribution in [3.05, 3.63) is 64.9 Å². The lowest BCUT2D eigenvalue weighted by Gasteiger charge is -2.30. The first-order valence-corrected chi connectivity index (χ1v) is 10.6. The maximum Gasteiger partial charge on any atom is 0.117 e. The summed E-state index contributed by atoms with van der Waals surface area (Å²) < 4.78 is 0. The van der Waals surface area contributed by atoms with E-state index in [-0.39, 0.29) is 11.5 Å². The minimum Gasteiger partial charge on any atom is -0.413 e. The van der Waals surface area contributed by atoms with Crippen molar-refractivity contribution in [2.75, 3.05) is 5.73 Å². The van der Waals surface area contributed by atoms with Crippen molar-refractivity contribution in [2.45, 2.75) is 71.8 Å². The lowest BCUT2D eigenvalue weighted by Crippen LogP contribution is -2.24. The van der Waals surface area contributed by atoms with Crippen LogP contribution in [-0.2, 0) is 10.3 Å². The zero-order valence-corrected chi connectivity index (χ0v) is 17.9. The van der Waals surface area contributed by atoms with E-state index in [0.29, 0.717) is 0 Å². The van der Waals surface area contributed by atoms with Crippen LogP contribution in [0.5, 0.6) is 0 Å². The molecule has 0 saturated heterocycles. The van der Waals surface area contributed by atoms with Gasteiger partial charge in [0.2, 0.25) is 0 Å². The van der Waals surface area contributed by atoms with Gasteiger partial charge in [0.15, 0.2) is 0 Å². The van der Waals surface area contributed by atoms with E-state index in [1.54, 1.807) is 0 Å². The van der Waals surface area contributed by atoms with Gasteiger partial charge < -0.3 is 10.6 Å². The highest BCUT2D eigenvalue weighted by Crippen LogP contribution is 2.53. The van der Waals surface area contributed by atoms with E-state index in [0.717, 1.165) is 37.1 Å². The first-order chi connectivity index (χ1) is 13.5. The van der Waals surface area contributed by atoms with Gasteiger partial charge in [-0.15, -0.1) is 0 Å². The first-order valence-electron chi connectivity index (χ1n) is 10.6. The minimum atomic E-state index is 0.0353. The highest BCUT2D eigenvalue weighted by Gasteiger charge is 2.40. The third-order valence-electron chi connectivity index (χ3n) is 6.23. The van der Waals surface area contributed by atoms with Gasteiger partial charge in [-0.25, -0.2) is 0 Å². The third-order valence-corrected chi connectivity index (χ3v) is 6.23. The number of hydrogen-bond donors (Lipinski definition) is 2. The van der Waals surface area contributed by atoms with Crippen LogP contribution in [0.1, 0.15) is 83.0 Å². The number of fused-ring (bicyclic) bond motifs is 3. The fraction of sp³-hybridized carbons (Fsp3) is 0.440. The van der Waals surface area contributed by atoms with Gasteiger partial charge in [-0.3, -0.25) is 0 Å². The second kappa shape index (κ2) is 8.40. The number of hydrogen-bond acceptors (Lipinski definition) is 3. The molecule has 150 valence electrons. The van der Waals surface area contributed by atoms with Crippen molar-refractivity contribution in [3.8, 4) is 11.1 Å². The Labute approximate surface area is 169 Å². The lowest BCUT2D eigenvalue weighted by atomic mass is 9.73. The molecule has 3 rings (SSSR count). The van der Waals surface area contributed by atoms with E-state index < -0.39 is 0 Å². The monoisotopic (exact) mass is 378 g/mol. The summed E-state index contributed by atoms with van der Waals surface area (Å²) in [5.74, 6) is 0.925. The van der Waals surface area contributed by atoms with Gasteiger partial charge >= 0.3 is 0 Å². The zero-order valence-electron chi connectivity index (χ0n) is 17.9. The molecule has 0 aromatic heterocycles. The molecule has 0 saturated carbocycles. The molecule has 2 aromatic carbocycles. The Hall–Kier alpha value is -2.26. The number of anilines is 1. The number of hydroxylamine groups is 1. The smallest absolute Gasteiger partial charge is 0.117 e. The summed E-state index contributed by atoms with van der Waals surface area (Å²) in [4.78, 5) is 5.76. The molecular formula is C25H34N2O. The molecule has 0 aliphatic heterocycles. The predicted octanol–water partition coefficient (Wildman–Crippen LogP) is 6.64. The molecule has 3 N–H and O–H groups in total. The zero-order chi connectivity index (χ0) is 20.3. The fourth-order valence-corrected chi connectivity index (χ4v) is 4.45. The van der Waals surface area contributed by atoms with Crippen LogP contribution in [0, 0.1) is 0 Å². The Bertz CT molecular complexity index is 865. The maximum atomic E-state index is 6.15. The highest BCUT2D eigenvalue weighted by atomic mass is 16.6. The van der Waals surface area contributed by atoms with E-state index in [1.807, 2.05) is 13.0 Å². The van der Waals surface area contributed by atoms with Crippen LogP contribution in [0.25, 0.3) is 11.1 Å². The van der Waals surface area contributed by atoms with E-state index >= 15 is 0 Å². The molecular weight excluding hydrogens is 344 g/mol. The summed E-state index contributed by atoms with van der Waals surface area (Å²) in [5, 5.41) is 0. The largest absolute Gasteiger partial charge is 0.413 e. The van der Waals surface area contributed by atoms with Crippen molar-refractivity contribution < 1.29 is 4.84 Å². The van der Waals surface area contributed by atoms with Gasteiger partial charge in [0.25, 0.3) is 0 Å². The normalized spacial score (nSPS) is 15.8. The molecule has 0 bridgehead atoms. The molecule has 3 nitrogen and oxygen atoms in total. The molecule has 1 aliphatic carbocycles. The Morgan fingerprint density at radius 3 is 2.36 bits per heavy atom. The van der Waals surface area contributed by atoms with Gasteiger partial charge in [0.05, 0.1) is 6.04 Å². The van der Waals surface area contributed by atoms with Gasteiger partial charge in [-0.1, -0.05) is 51.5 Å². The quantitative estimate of drug-likeness (QED) is 0.307. The predicted molar refractivity (Wildman–Crippen MR) is 119 cm³/mol. The number of nitrogens with one attached hydrogen (secondary N) is 1. The van der Waals surface area contributed by atoms with E-state index in [2.05, 4.69) is 69.6 Å². The third kappa shape index (κ3) is 3.56. The molecule has 2 aromatic rings. The highest BCUT2D eigenvalue weighted by molar-refractivity contribution is 5.82. The number of nitrogen functional groups attached to an aromatic ring is 1. The van der Waals surface area contributed by atoms with Crippen LogP contribution in [-0.4, -0.2) is 0 Å². The number of benzene rings is 2. The summed E-state index contributed by atoms with van der Waals surface area (Å²) in [7, 11) is 0.